The lowest BCUT2D eigenvalue weighted by Gasteiger charge is -2.18. The Kier molecular flexibility index (Phi) is 3.88. The van der Waals surface area contributed by atoms with E-state index in [0.717, 1.165) is 5.56 Å². The van der Waals surface area contributed by atoms with Gasteiger partial charge in [0.1, 0.15) is 0 Å². The second kappa shape index (κ2) is 5.18. The average Bonchev–Trinajstić information content (AvgIpc) is 2.67. The van der Waals surface area contributed by atoms with Gasteiger partial charge in [-0.3, -0.25) is 4.79 Å². The standard InChI is InChI=1S/C14H20N2O3S/c1-9-4-5-13(20(15,18)19)12(6-9)14(17)16-7-10(2)11(3)8-16/h4-6,10-11H,7-8H2,1-3H3,(H2,15,18,19). The number of carbonyl (C=O) groups is 1. The van der Waals surface area contributed by atoms with Crippen LogP contribution >= 0.6 is 0 Å². The number of sulfonamides is 1. The van der Waals surface area contributed by atoms with Crippen molar-refractivity contribution in [3.8, 4) is 0 Å². The summed E-state index contributed by atoms with van der Waals surface area (Å²) < 4.78 is 23.2. The summed E-state index contributed by atoms with van der Waals surface area (Å²) in [5.41, 5.74) is 1.01. The zero-order chi connectivity index (χ0) is 15.1. The van der Waals surface area contributed by atoms with Gasteiger partial charge < -0.3 is 4.90 Å². The molecule has 1 aromatic carbocycles. The smallest absolute Gasteiger partial charge is 0.255 e. The van der Waals surface area contributed by atoms with E-state index in [1.807, 2.05) is 6.92 Å². The molecule has 20 heavy (non-hydrogen) atoms. The maximum atomic E-state index is 12.6. The van der Waals surface area contributed by atoms with E-state index in [4.69, 9.17) is 5.14 Å². The summed E-state index contributed by atoms with van der Waals surface area (Å²) in [7, 11) is -3.90. The molecule has 2 unspecified atom stereocenters. The summed E-state index contributed by atoms with van der Waals surface area (Å²) in [4.78, 5) is 14.2. The molecule has 0 saturated carbocycles. The molecule has 1 aliphatic heterocycles. The number of hydrogen-bond donors (Lipinski definition) is 1. The Bertz CT molecular complexity index is 630. The molecule has 0 spiro atoms. The highest BCUT2D eigenvalue weighted by Crippen LogP contribution is 2.26. The summed E-state index contributed by atoms with van der Waals surface area (Å²) >= 11 is 0. The molecule has 1 aliphatic rings. The molecular weight excluding hydrogens is 276 g/mol. The minimum Gasteiger partial charge on any atom is -0.338 e. The average molecular weight is 296 g/mol. The van der Waals surface area contributed by atoms with Gasteiger partial charge in [-0.25, -0.2) is 13.6 Å². The van der Waals surface area contributed by atoms with Crippen LogP contribution in [0.2, 0.25) is 0 Å². The maximum Gasteiger partial charge on any atom is 0.255 e. The first-order valence-electron chi connectivity index (χ1n) is 6.63. The molecule has 1 saturated heterocycles. The molecule has 2 N–H and O–H groups in total. The molecule has 1 fully saturated rings. The molecule has 2 atom stereocenters. The number of carbonyl (C=O) groups excluding carboxylic acids is 1. The fraction of sp³-hybridized carbons (Fsp3) is 0.500. The van der Waals surface area contributed by atoms with Crippen LogP contribution in [0, 0.1) is 18.8 Å². The molecule has 0 aromatic heterocycles. The Morgan fingerprint density at radius 1 is 1.25 bits per heavy atom. The van der Waals surface area contributed by atoms with Crippen molar-refractivity contribution in [1.29, 1.82) is 0 Å². The quantitative estimate of drug-likeness (QED) is 0.895. The largest absolute Gasteiger partial charge is 0.338 e. The molecule has 0 aliphatic carbocycles. The first kappa shape index (κ1) is 15.0. The van der Waals surface area contributed by atoms with E-state index >= 15 is 0 Å². The number of amides is 1. The van der Waals surface area contributed by atoms with Gasteiger partial charge in [-0.15, -0.1) is 0 Å². The van der Waals surface area contributed by atoms with Crippen LogP contribution in [0.4, 0.5) is 0 Å². The van der Waals surface area contributed by atoms with Crippen LogP contribution in [0.1, 0.15) is 29.8 Å². The van der Waals surface area contributed by atoms with Crippen molar-refractivity contribution >= 4 is 15.9 Å². The van der Waals surface area contributed by atoms with Gasteiger partial charge in [-0.1, -0.05) is 25.5 Å². The SMILES string of the molecule is Cc1ccc(S(N)(=O)=O)c(C(=O)N2CC(C)C(C)C2)c1. The van der Waals surface area contributed by atoms with Crippen LogP contribution in [0.5, 0.6) is 0 Å². The Morgan fingerprint density at radius 2 is 1.80 bits per heavy atom. The van der Waals surface area contributed by atoms with Gasteiger partial charge in [0.25, 0.3) is 5.91 Å². The second-order valence-corrected chi connectivity index (χ2v) is 7.24. The number of primary sulfonamides is 1. The lowest BCUT2D eigenvalue weighted by molar-refractivity contribution is 0.0781. The van der Waals surface area contributed by atoms with Crippen molar-refractivity contribution in [1.82, 2.24) is 4.90 Å². The van der Waals surface area contributed by atoms with E-state index in [1.165, 1.54) is 6.07 Å². The highest BCUT2D eigenvalue weighted by atomic mass is 32.2. The third-order valence-corrected chi connectivity index (χ3v) is 4.92. The van der Waals surface area contributed by atoms with Gasteiger partial charge in [-0.05, 0) is 30.9 Å². The van der Waals surface area contributed by atoms with E-state index in [2.05, 4.69) is 13.8 Å². The van der Waals surface area contributed by atoms with E-state index < -0.39 is 10.0 Å². The van der Waals surface area contributed by atoms with Crippen LogP contribution < -0.4 is 5.14 Å². The normalized spacial score (nSPS) is 23.1. The van der Waals surface area contributed by atoms with E-state index in [0.29, 0.717) is 24.9 Å². The van der Waals surface area contributed by atoms with Gasteiger partial charge in [0.2, 0.25) is 10.0 Å². The van der Waals surface area contributed by atoms with Crippen molar-refractivity contribution in [2.75, 3.05) is 13.1 Å². The number of rotatable bonds is 2. The van der Waals surface area contributed by atoms with Gasteiger partial charge >= 0.3 is 0 Å². The number of nitrogens with two attached hydrogens (primary N) is 1. The van der Waals surface area contributed by atoms with Crippen molar-refractivity contribution in [2.45, 2.75) is 25.7 Å². The Labute approximate surface area is 119 Å². The maximum absolute atomic E-state index is 12.6. The Hall–Kier alpha value is -1.40. The van der Waals surface area contributed by atoms with Crippen LogP contribution in [-0.4, -0.2) is 32.3 Å². The number of aryl methyl sites for hydroxylation is 1. The van der Waals surface area contributed by atoms with Crippen LogP contribution in [0.15, 0.2) is 23.1 Å². The van der Waals surface area contributed by atoms with Crippen LogP contribution in [0.25, 0.3) is 0 Å². The van der Waals surface area contributed by atoms with Gasteiger partial charge in [0, 0.05) is 13.1 Å². The predicted octanol–water partition coefficient (Wildman–Crippen LogP) is 1.37. The van der Waals surface area contributed by atoms with E-state index in [-0.39, 0.29) is 16.4 Å². The molecule has 0 radical (unpaired) electrons. The minimum absolute atomic E-state index is 0.0969. The molecular formula is C14H20N2O3S. The first-order valence-corrected chi connectivity index (χ1v) is 8.17. The Balaban J connectivity index is 2.42. The lowest BCUT2D eigenvalue weighted by Crippen LogP contribution is -2.31. The number of benzene rings is 1. The number of hydrogen-bond acceptors (Lipinski definition) is 3. The van der Waals surface area contributed by atoms with Crippen molar-refractivity contribution in [3.05, 3.63) is 29.3 Å². The summed E-state index contributed by atoms with van der Waals surface area (Å²) in [5.74, 6) is 0.581. The number of likely N-dealkylation sites (tertiary alicyclic amines) is 1. The highest BCUT2D eigenvalue weighted by molar-refractivity contribution is 7.89. The topological polar surface area (TPSA) is 80.5 Å². The van der Waals surface area contributed by atoms with Gasteiger partial charge in [0.05, 0.1) is 10.5 Å². The first-order chi connectivity index (χ1) is 9.20. The predicted molar refractivity (Wildman–Crippen MR) is 76.8 cm³/mol. The monoisotopic (exact) mass is 296 g/mol. The van der Waals surface area contributed by atoms with Crippen LogP contribution in [0.3, 0.4) is 0 Å². The van der Waals surface area contributed by atoms with E-state index in [9.17, 15) is 13.2 Å². The highest BCUT2D eigenvalue weighted by Gasteiger charge is 2.32. The zero-order valence-electron chi connectivity index (χ0n) is 12.0. The molecule has 6 heteroatoms. The molecule has 1 amide bonds. The summed E-state index contributed by atoms with van der Waals surface area (Å²) in [6, 6.07) is 4.64. The molecule has 2 rings (SSSR count). The zero-order valence-corrected chi connectivity index (χ0v) is 12.8. The van der Waals surface area contributed by atoms with Crippen LogP contribution in [-0.2, 0) is 10.0 Å². The molecule has 1 heterocycles. The Morgan fingerprint density at radius 3 is 2.30 bits per heavy atom. The van der Waals surface area contributed by atoms with Gasteiger partial charge in [0.15, 0.2) is 0 Å². The van der Waals surface area contributed by atoms with Crippen molar-refractivity contribution < 1.29 is 13.2 Å². The summed E-state index contributed by atoms with van der Waals surface area (Å²) in [5, 5.41) is 5.20. The fourth-order valence-corrected chi connectivity index (χ4v) is 3.24. The molecule has 110 valence electrons. The molecule has 5 nitrogen and oxygen atoms in total. The summed E-state index contributed by atoms with van der Waals surface area (Å²) in [6.07, 6.45) is 0. The number of nitrogens with zero attached hydrogens (tertiary/aromatic N) is 1. The van der Waals surface area contributed by atoms with E-state index in [1.54, 1.807) is 17.0 Å². The fourth-order valence-electron chi connectivity index (χ4n) is 2.52. The van der Waals surface area contributed by atoms with Gasteiger partial charge in [-0.2, -0.15) is 0 Å². The minimum atomic E-state index is -3.90. The molecule has 0 bridgehead atoms. The molecule has 1 aromatic rings. The summed E-state index contributed by atoms with van der Waals surface area (Å²) in [6.45, 7) is 7.30. The third kappa shape index (κ3) is 2.86. The lowest BCUT2D eigenvalue weighted by atomic mass is 10.0. The van der Waals surface area contributed by atoms with Crippen molar-refractivity contribution in [3.63, 3.8) is 0 Å². The van der Waals surface area contributed by atoms with Crippen molar-refractivity contribution in [2.24, 2.45) is 17.0 Å². The second-order valence-electron chi connectivity index (χ2n) is 5.71. The third-order valence-electron chi connectivity index (χ3n) is 3.95.